The van der Waals surface area contributed by atoms with E-state index in [9.17, 15) is 0 Å². The van der Waals surface area contributed by atoms with Crippen molar-refractivity contribution in [3.63, 3.8) is 0 Å². The van der Waals surface area contributed by atoms with E-state index in [4.69, 9.17) is 17.3 Å². The molecule has 1 saturated heterocycles. The third-order valence-electron chi connectivity index (χ3n) is 3.36. The minimum atomic E-state index is 0.0985. The molecule has 0 spiro atoms. The fraction of sp³-hybridized carbons (Fsp3) is 0.636. The Morgan fingerprint density at radius 2 is 2.12 bits per heavy atom. The molecule has 2 rings (SSSR count). The quantitative estimate of drug-likeness (QED) is 0.818. The Kier molecular flexibility index (Phi) is 3.14. The highest BCUT2D eigenvalue weighted by molar-refractivity contribution is 6.32. The number of rotatable bonds is 1. The van der Waals surface area contributed by atoms with Crippen LogP contribution in [0.5, 0.6) is 0 Å². The predicted octanol–water partition coefficient (Wildman–Crippen LogP) is 1.24. The van der Waals surface area contributed by atoms with Gasteiger partial charge in [-0.05, 0) is 20.9 Å². The molecule has 17 heavy (non-hydrogen) atoms. The molecule has 1 aromatic heterocycles. The molecule has 0 aliphatic carbocycles. The molecule has 1 aliphatic rings. The third kappa shape index (κ3) is 2.45. The molecule has 2 heterocycles. The maximum atomic E-state index is 6.12. The highest BCUT2D eigenvalue weighted by Crippen LogP contribution is 2.28. The van der Waals surface area contributed by atoms with Gasteiger partial charge in [-0.3, -0.25) is 4.90 Å². The van der Waals surface area contributed by atoms with Crippen molar-refractivity contribution in [1.82, 2.24) is 14.9 Å². The molecular weight excluding hydrogens is 238 g/mol. The summed E-state index contributed by atoms with van der Waals surface area (Å²) in [5.41, 5.74) is 5.71. The summed E-state index contributed by atoms with van der Waals surface area (Å²) in [5, 5.41) is 0.555. The van der Waals surface area contributed by atoms with Crippen LogP contribution >= 0.6 is 11.6 Å². The van der Waals surface area contributed by atoms with Crippen molar-refractivity contribution in [2.75, 3.05) is 37.3 Å². The van der Waals surface area contributed by atoms with Crippen molar-refractivity contribution in [3.05, 3.63) is 11.2 Å². The number of nitrogens with zero attached hydrogens (tertiary/aromatic N) is 4. The van der Waals surface area contributed by atoms with Crippen molar-refractivity contribution in [2.45, 2.75) is 19.4 Å². The fourth-order valence-corrected chi connectivity index (χ4v) is 2.22. The van der Waals surface area contributed by atoms with Crippen molar-refractivity contribution >= 4 is 23.4 Å². The van der Waals surface area contributed by atoms with Crippen molar-refractivity contribution in [3.8, 4) is 0 Å². The average Bonchev–Trinajstić information content (AvgIpc) is 2.25. The largest absolute Gasteiger partial charge is 0.368 e. The van der Waals surface area contributed by atoms with E-state index in [1.54, 1.807) is 6.20 Å². The number of halogens is 1. The number of anilines is 2. The Morgan fingerprint density at radius 1 is 1.41 bits per heavy atom. The Hall–Kier alpha value is -1.07. The number of aromatic nitrogens is 2. The van der Waals surface area contributed by atoms with Crippen LogP contribution in [0.4, 0.5) is 11.8 Å². The highest BCUT2D eigenvalue weighted by Gasteiger charge is 2.32. The monoisotopic (exact) mass is 255 g/mol. The Labute approximate surface area is 107 Å². The molecule has 0 radical (unpaired) electrons. The van der Waals surface area contributed by atoms with E-state index in [2.05, 4.69) is 40.7 Å². The molecule has 6 heteroatoms. The van der Waals surface area contributed by atoms with Gasteiger partial charge in [0.2, 0.25) is 5.95 Å². The van der Waals surface area contributed by atoms with Gasteiger partial charge in [0.05, 0.1) is 6.20 Å². The minimum absolute atomic E-state index is 0.0985. The summed E-state index contributed by atoms with van der Waals surface area (Å²) in [6, 6.07) is 0. The van der Waals surface area contributed by atoms with Crippen LogP contribution in [0.15, 0.2) is 6.20 Å². The van der Waals surface area contributed by atoms with Crippen LogP contribution in [-0.2, 0) is 0 Å². The number of nitrogens with two attached hydrogens (primary N) is 1. The lowest BCUT2D eigenvalue weighted by molar-refractivity contribution is 0.138. The molecule has 0 bridgehead atoms. The summed E-state index contributed by atoms with van der Waals surface area (Å²) < 4.78 is 0. The molecule has 0 unspecified atom stereocenters. The van der Waals surface area contributed by atoms with Gasteiger partial charge < -0.3 is 10.6 Å². The number of nitrogen functional groups attached to an aromatic ring is 1. The molecule has 2 N–H and O–H groups in total. The first-order valence-corrected chi connectivity index (χ1v) is 6.02. The fourth-order valence-electron chi connectivity index (χ4n) is 2.01. The Balaban J connectivity index is 2.26. The van der Waals surface area contributed by atoms with Crippen LogP contribution in [0.3, 0.4) is 0 Å². The molecule has 1 fully saturated rings. The number of hydrogen-bond acceptors (Lipinski definition) is 5. The minimum Gasteiger partial charge on any atom is -0.368 e. The van der Waals surface area contributed by atoms with Crippen LogP contribution in [-0.4, -0.2) is 47.1 Å². The second kappa shape index (κ2) is 4.31. The lowest BCUT2D eigenvalue weighted by Gasteiger charge is -2.45. The Bertz CT molecular complexity index is 420. The van der Waals surface area contributed by atoms with Crippen LogP contribution in [0.2, 0.25) is 5.02 Å². The van der Waals surface area contributed by atoms with Gasteiger partial charge in [0, 0.05) is 25.2 Å². The van der Waals surface area contributed by atoms with E-state index in [1.165, 1.54) is 0 Å². The first-order chi connectivity index (χ1) is 7.90. The second-order valence-electron chi connectivity index (χ2n) is 5.06. The van der Waals surface area contributed by atoms with Crippen LogP contribution < -0.4 is 10.6 Å². The van der Waals surface area contributed by atoms with Gasteiger partial charge in [-0.25, -0.2) is 4.98 Å². The van der Waals surface area contributed by atoms with E-state index < -0.39 is 0 Å². The predicted molar refractivity (Wildman–Crippen MR) is 70.4 cm³/mol. The highest BCUT2D eigenvalue weighted by atomic mass is 35.5. The zero-order chi connectivity index (χ0) is 12.6. The van der Waals surface area contributed by atoms with Gasteiger partial charge in [-0.15, -0.1) is 0 Å². The van der Waals surface area contributed by atoms with Gasteiger partial charge in [0.1, 0.15) is 5.02 Å². The lowest BCUT2D eigenvalue weighted by atomic mass is 10.00. The maximum absolute atomic E-state index is 6.12. The standard InChI is InChI=1S/C11H18ClN5/c1-11(2)7-17(5-4-16(11)3)9-8(12)6-14-10(13)15-9/h6H,4-5,7H2,1-3H3,(H2,13,14,15). The topological polar surface area (TPSA) is 58.3 Å². The third-order valence-corrected chi connectivity index (χ3v) is 3.63. The zero-order valence-corrected chi connectivity index (χ0v) is 11.2. The van der Waals surface area contributed by atoms with Crippen molar-refractivity contribution in [2.24, 2.45) is 0 Å². The zero-order valence-electron chi connectivity index (χ0n) is 10.4. The first-order valence-electron chi connectivity index (χ1n) is 5.64. The molecule has 94 valence electrons. The van der Waals surface area contributed by atoms with E-state index in [0.717, 1.165) is 25.5 Å². The van der Waals surface area contributed by atoms with Gasteiger partial charge in [-0.2, -0.15) is 4.98 Å². The molecule has 1 aromatic rings. The van der Waals surface area contributed by atoms with E-state index in [-0.39, 0.29) is 11.5 Å². The average molecular weight is 256 g/mol. The van der Waals surface area contributed by atoms with E-state index in [0.29, 0.717) is 5.02 Å². The summed E-state index contributed by atoms with van der Waals surface area (Å²) in [6.45, 7) is 7.16. The van der Waals surface area contributed by atoms with Crippen LogP contribution in [0.1, 0.15) is 13.8 Å². The first kappa shape index (κ1) is 12.4. The van der Waals surface area contributed by atoms with Crippen molar-refractivity contribution < 1.29 is 0 Å². The van der Waals surface area contributed by atoms with Crippen LogP contribution in [0, 0.1) is 0 Å². The molecular formula is C11H18ClN5. The van der Waals surface area contributed by atoms with Gasteiger partial charge >= 0.3 is 0 Å². The molecule has 0 aromatic carbocycles. The number of hydrogen-bond donors (Lipinski definition) is 1. The maximum Gasteiger partial charge on any atom is 0.222 e. The van der Waals surface area contributed by atoms with Crippen LogP contribution in [0.25, 0.3) is 0 Å². The SMILES string of the molecule is CN1CCN(c2nc(N)ncc2Cl)CC1(C)C. The summed E-state index contributed by atoms with van der Waals surface area (Å²) in [7, 11) is 2.13. The number of piperazine rings is 1. The molecule has 1 aliphatic heterocycles. The molecule has 5 nitrogen and oxygen atoms in total. The normalized spacial score (nSPS) is 20.6. The summed E-state index contributed by atoms with van der Waals surface area (Å²) >= 11 is 6.12. The summed E-state index contributed by atoms with van der Waals surface area (Å²) in [5.74, 6) is 1.00. The second-order valence-corrected chi connectivity index (χ2v) is 5.46. The lowest BCUT2D eigenvalue weighted by Crippen LogP contribution is -2.58. The molecule has 0 atom stereocenters. The van der Waals surface area contributed by atoms with Gasteiger partial charge in [0.15, 0.2) is 5.82 Å². The smallest absolute Gasteiger partial charge is 0.222 e. The van der Waals surface area contributed by atoms with E-state index >= 15 is 0 Å². The Morgan fingerprint density at radius 3 is 2.76 bits per heavy atom. The van der Waals surface area contributed by atoms with E-state index in [1.807, 2.05) is 0 Å². The summed E-state index contributed by atoms with van der Waals surface area (Å²) in [4.78, 5) is 12.6. The van der Waals surface area contributed by atoms with Gasteiger partial charge in [-0.1, -0.05) is 11.6 Å². The van der Waals surface area contributed by atoms with Gasteiger partial charge in [0.25, 0.3) is 0 Å². The molecule has 0 amide bonds. The van der Waals surface area contributed by atoms with Crippen molar-refractivity contribution in [1.29, 1.82) is 0 Å². The summed E-state index contributed by atoms with van der Waals surface area (Å²) in [6.07, 6.45) is 1.56. The molecule has 0 saturated carbocycles. The number of likely N-dealkylation sites (N-methyl/N-ethyl adjacent to an activating group) is 1.